The third-order valence-corrected chi connectivity index (χ3v) is 5.51. The molecule has 1 N–H and O–H groups in total. The van der Waals surface area contributed by atoms with E-state index in [9.17, 15) is 4.79 Å². The maximum Gasteiger partial charge on any atom is 0.228 e. The number of thiazole rings is 1. The molecule has 0 unspecified atom stereocenters. The average Bonchev–Trinajstić information content (AvgIpc) is 3.22. The molecule has 24 heavy (non-hydrogen) atoms. The second-order valence-corrected chi connectivity index (χ2v) is 7.31. The topological polar surface area (TPSA) is 58.4 Å². The molecule has 0 aliphatic carbocycles. The van der Waals surface area contributed by atoms with Crippen LogP contribution in [0, 0.1) is 12.8 Å². The fourth-order valence-electron chi connectivity index (χ4n) is 3.14. The average molecular weight is 347 g/mol. The lowest BCUT2D eigenvalue weighted by Gasteiger charge is -2.32. The number of furan rings is 1. The van der Waals surface area contributed by atoms with Gasteiger partial charge in [0.05, 0.1) is 12.1 Å². The number of nitrogens with zero attached hydrogens (tertiary/aromatic N) is 2. The van der Waals surface area contributed by atoms with Crippen molar-refractivity contribution in [3.05, 3.63) is 29.0 Å². The van der Waals surface area contributed by atoms with E-state index in [1.54, 1.807) is 0 Å². The number of aryl methyl sites for hydroxylation is 1. The molecule has 0 radical (unpaired) electrons. The summed E-state index contributed by atoms with van der Waals surface area (Å²) in [6, 6.07) is 3.86. The number of aromatic nitrogens is 1. The van der Waals surface area contributed by atoms with Gasteiger partial charge in [0.2, 0.25) is 5.91 Å². The molecule has 0 saturated carbocycles. The Labute approximate surface area is 147 Å². The Morgan fingerprint density at radius 2 is 2.21 bits per heavy atom. The number of nitrogens with one attached hydrogen (secondary N) is 1. The molecule has 0 aromatic carbocycles. The first-order valence-electron chi connectivity index (χ1n) is 8.59. The van der Waals surface area contributed by atoms with Gasteiger partial charge in [-0.2, -0.15) is 0 Å². The monoisotopic (exact) mass is 347 g/mol. The van der Waals surface area contributed by atoms with Crippen LogP contribution >= 0.6 is 11.3 Å². The molecule has 0 atom stereocenters. The van der Waals surface area contributed by atoms with Crippen LogP contribution in [0.15, 0.2) is 21.9 Å². The molecule has 1 fully saturated rings. The summed E-state index contributed by atoms with van der Waals surface area (Å²) < 4.78 is 5.60. The molecule has 1 aliphatic rings. The molecule has 6 heteroatoms. The molecule has 0 bridgehead atoms. The van der Waals surface area contributed by atoms with Gasteiger partial charge in [0.25, 0.3) is 0 Å². The van der Waals surface area contributed by atoms with Crippen LogP contribution in [-0.2, 0) is 11.2 Å². The maximum atomic E-state index is 12.5. The first-order valence-corrected chi connectivity index (χ1v) is 9.47. The SMILES string of the molecule is CNCCC1CCN(C(=O)Cc2csc(-c3ccc(C)o3)n2)CC1. The fourth-order valence-corrected chi connectivity index (χ4v) is 3.92. The van der Waals surface area contributed by atoms with Gasteiger partial charge in [0, 0.05) is 18.5 Å². The quantitative estimate of drug-likeness (QED) is 0.872. The van der Waals surface area contributed by atoms with E-state index >= 15 is 0 Å². The summed E-state index contributed by atoms with van der Waals surface area (Å²) in [4.78, 5) is 19.0. The van der Waals surface area contributed by atoms with Gasteiger partial charge >= 0.3 is 0 Å². The lowest BCUT2D eigenvalue weighted by Crippen LogP contribution is -2.39. The second kappa shape index (κ2) is 7.94. The molecule has 1 saturated heterocycles. The third kappa shape index (κ3) is 4.24. The molecule has 3 rings (SSSR count). The van der Waals surface area contributed by atoms with E-state index in [0.29, 0.717) is 6.42 Å². The number of likely N-dealkylation sites (tertiary alicyclic amines) is 1. The zero-order chi connectivity index (χ0) is 16.9. The normalized spacial score (nSPS) is 15.8. The fraction of sp³-hybridized carbons (Fsp3) is 0.556. The summed E-state index contributed by atoms with van der Waals surface area (Å²) in [7, 11) is 1.99. The Morgan fingerprint density at radius 1 is 1.42 bits per heavy atom. The van der Waals surface area contributed by atoms with Crippen LogP contribution in [-0.4, -0.2) is 42.5 Å². The van der Waals surface area contributed by atoms with Crippen molar-refractivity contribution in [2.45, 2.75) is 32.6 Å². The van der Waals surface area contributed by atoms with Gasteiger partial charge in [-0.3, -0.25) is 4.79 Å². The van der Waals surface area contributed by atoms with E-state index < -0.39 is 0 Å². The Morgan fingerprint density at radius 3 is 2.88 bits per heavy atom. The largest absolute Gasteiger partial charge is 0.459 e. The summed E-state index contributed by atoms with van der Waals surface area (Å²) in [6.07, 6.45) is 3.82. The molecule has 3 heterocycles. The van der Waals surface area contributed by atoms with Crippen molar-refractivity contribution in [1.29, 1.82) is 0 Å². The Balaban J connectivity index is 1.51. The second-order valence-electron chi connectivity index (χ2n) is 6.45. The van der Waals surface area contributed by atoms with E-state index in [1.165, 1.54) is 17.8 Å². The molecule has 1 aliphatic heterocycles. The Kier molecular flexibility index (Phi) is 5.68. The number of rotatable bonds is 6. The number of piperidine rings is 1. The molecule has 1 amide bonds. The van der Waals surface area contributed by atoms with Gasteiger partial charge in [0.1, 0.15) is 5.76 Å². The van der Waals surface area contributed by atoms with Gasteiger partial charge in [-0.25, -0.2) is 4.98 Å². The van der Waals surface area contributed by atoms with Gasteiger partial charge in [-0.15, -0.1) is 11.3 Å². The molecule has 2 aromatic rings. The highest BCUT2D eigenvalue weighted by Crippen LogP contribution is 2.26. The maximum absolute atomic E-state index is 12.5. The predicted octanol–water partition coefficient (Wildman–Crippen LogP) is 3.10. The first-order chi connectivity index (χ1) is 11.7. The Bertz CT molecular complexity index is 671. The van der Waals surface area contributed by atoms with Crippen molar-refractivity contribution in [2.24, 2.45) is 5.92 Å². The zero-order valence-corrected chi connectivity index (χ0v) is 15.2. The summed E-state index contributed by atoms with van der Waals surface area (Å²) in [5.41, 5.74) is 0.839. The van der Waals surface area contributed by atoms with Crippen LogP contribution in [0.25, 0.3) is 10.8 Å². The van der Waals surface area contributed by atoms with Crippen molar-refractivity contribution in [3.63, 3.8) is 0 Å². The number of carbonyl (C=O) groups is 1. The molecular formula is C18H25N3O2S. The van der Waals surface area contributed by atoms with Crippen molar-refractivity contribution in [2.75, 3.05) is 26.7 Å². The van der Waals surface area contributed by atoms with Gasteiger partial charge in [-0.1, -0.05) is 0 Å². The van der Waals surface area contributed by atoms with Gasteiger partial charge in [0.15, 0.2) is 10.8 Å². The number of hydrogen-bond acceptors (Lipinski definition) is 5. The van der Waals surface area contributed by atoms with E-state index in [-0.39, 0.29) is 5.91 Å². The highest BCUT2D eigenvalue weighted by atomic mass is 32.1. The molecule has 0 spiro atoms. The lowest BCUT2D eigenvalue weighted by atomic mass is 9.93. The Hall–Kier alpha value is -1.66. The van der Waals surface area contributed by atoms with Crippen LogP contribution < -0.4 is 5.32 Å². The summed E-state index contributed by atoms with van der Waals surface area (Å²) >= 11 is 1.53. The summed E-state index contributed by atoms with van der Waals surface area (Å²) in [6.45, 7) is 4.73. The van der Waals surface area contributed by atoms with E-state index in [1.807, 2.05) is 36.4 Å². The predicted molar refractivity (Wildman–Crippen MR) is 96.1 cm³/mol. The minimum atomic E-state index is 0.189. The van der Waals surface area contributed by atoms with Crippen molar-refractivity contribution >= 4 is 17.2 Å². The third-order valence-electron chi connectivity index (χ3n) is 4.61. The van der Waals surface area contributed by atoms with Crippen LogP contribution in [0.2, 0.25) is 0 Å². The number of carbonyl (C=O) groups excluding carboxylic acids is 1. The lowest BCUT2D eigenvalue weighted by molar-refractivity contribution is -0.131. The minimum absolute atomic E-state index is 0.189. The number of amides is 1. The van der Waals surface area contributed by atoms with E-state index in [4.69, 9.17) is 4.42 Å². The molecule has 130 valence electrons. The van der Waals surface area contributed by atoms with Crippen LogP contribution in [0.1, 0.15) is 30.7 Å². The highest BCUT2D eigenvalue weighted by molar-refractivity contribution is 7.13. The smallest absolute Gasteiger partial charge is 0.228 e. The number of hydrogen-bond donors (Lipinski definition) is 1. The van der Waals surface area contributed by atoms with Crippen molar-refractivity contribution in [3.8, 4) is 10.8 Å². The van der Waals surface area contributed by atoms with Gasteiger partial charge in [-0.05, 0) is 57.8 Å². The van der Waals surface area contributed by atoms with Crippen LogP contribution in [0.4, 0.5) is 0 Å². The van der Waals surface area contributed by atoms with E-state index in [0.717, 1.165) is 60.6 Å². The molecule has 5 nitrogen and oxygen atoms in total. The van der Waals surface area contributed by atoms with Crippen molar-refractivity contribution in [1.82, 2.24) is 15.2 Å². The highest BCUT2D eigenvalue weighted by Gasteiger charge is 2.23. The molecular weight excluding hydrogens is 322 g/mol. The molecule has 2 aromatic heterocycles. The summed E-state index contributed by atoms with van der Waals surface area (Å²) in [5.74, 6) is 2.59. The summed E-state index contributed by atoms with van der Waals surface area (Å²) in [5, 5.41) is 6.01. The van der Waals surface area contributed by atoms with Crippen LogP contribution in [0.3, 0.4) is 0 Å². The van der Waals surface area contributed by atoms with Crippen LogP contribution in [0.5, 0.6) is 0 Å². The standard InChI is InChI=1S/C18H25N3O2S/c1-13-3-4-16(23-13)18-20-15(12-24-18)11-17(22)21-9-6-14(7-10-21)5-8-19-2/h3-4,12,14,19H,5-11H2,1-2H3. The minimum Gasteiger partial charge on any atom is -0.459 e. The first kappa shape index (κ1) is 17.2. The zero-order valence-electron chi connectivity index (χ0n) is 14.4. The van der Waals surface area contributed by atoms with Gasteiger partial charge < -0.3 is 14.6 Å². The van der Waals surface area contributed by atoms with E-state index in [2.05, 4.69) is 10.3 Å². The van der Waals surface area contributed by atoms with Crippen molar-refractivity contribution < 1.29 is 9.21 Å².